The monoisotopic (exact) mass is 482 g/mol. The lowest BCUT2D eigenvalue weighted by molar-refractivity contribution is 0.335. The summed E-state index contributed by atoms with van der Waals surface area (Å²) in [6.45, 7) is -3.94. The molecule has 0 N–H and O–H groups in total. The largest absolute Gasteiger partial charge is 0.333 e. The molecule has 0 aliphatic rings. The molecule has 0 fully saturated rings. The van der Waals surface area contributed by atoms with Gasteiger partial charge in [-0.2, -0.15) is 0 Å². The van der Waals surface area contributed by atoms with Gasteiger partial charge in [-0.25, -0.2) is 0 Å². The van der Waals surface area contributed by atoms with Gasteiger partial charge in [-0.15, -0.1) is 0 Å². The van der Waals surface area contributed by atoms with Crippen molar-refractivity contribution in [3.8, 4) is 0 Å². The molecule has 0 aromatic carbocycles. The van der Waals surface area contributed by atoms with Gasteiger partial charge >= 0.3 is 0 Å². The van der Waals surface area contributed by atoms with Crippen LogP contribution in [0.5, 0.6) is 0 Å². The van der Waals surface area contributed by atoms with E-state index in [-0.39, 0.29) is 0 Å². The van der Waals surface area contributed by atoms with Gasteiger partial charge in [0.15, 0.2) is 13.0 Å². The van der Waals surface area contributed by atoms with Crippen molar-refractivity contribution in [2.24, 2.45) is 0 Å². The fourth-order valence-corrected chi connectivity index (χ4v) is 7.59. The molecule has 0 aromatic rings. The van der Waals surface area contributed by atoms with Crippen LogP contribution in [0, 0.1) is 0 Å². The molecule has 10 heteroatoms. The quantitative estimate of drug-likeness (QED) is 0.114. The molecular weight excluding hydrogens is 446 g/mol. The maximum Gasteiger partial charge on any atom is 0.188 e. The van der Waals surface area contributed by atoms with Gasteiger partial charge in [0, 0.05) is 52.3 Å². The average Bonchev–Trinajstić information content (AvgIpc) is 2.67. The van der Waals surface area contributed by atoms with Crippen molar-refractivity contribution in [2.75, 3.05) is 52.3 Å². The van der Waals surface area contributed by atoms with Crippen LogP contribution in [0.15, 0.2) is 0 Å². The second-order valence-electron chi connectivity index (χ2n) is 5.87. The number of unbranched alkanes of at least 4 members (excludes halogenated alkanes) is 6. The Labute approximate surface area is 179 Å². The lowest BCUT2D eigenvalue weighted by Gasteiger charge is -2.17. The molecule has 0 saturated carbocycles. The molecule has 0 aromatic heterocycles. The van der Waals surface area contributed by atoms with Crippen molar-refractivity contribution < 1.29 is 18.1 Å². The normalized spacial score (nSPS) is 12.6. The van der Waals surface area contributed by atoms with Crippen molar-refractivity contribution >= 4 is 58.2 Å². The molecule has 0 atom stereocenters. The summed E-state index contributed by atoms with van der Waals surface area (Å²) in [6, 6.07) is 0. The zero-order chi connectivity index (χ0) is 19.7. The summed E-state index contributed by atoms with van der Waals surface area (Å²) in [5.74, 6) is 2.47. The average molecular weight is 483 g/mol. The van der Waals surface area contributed by atoms with Gasteiger partial charge in [0.2, 0.25) is 0 Å². The van der Waals surface area contributed by atoms with E-state index in [4.69, 9.17) is 41.7 Å². The Balaban J connectivity index is 3.32. The first-order valence-corrected chi connectivity index (χ1v) is 17.2. The topological polar surface area (TPSA) is 36.9 Å². The molecule has 0 bridgehead atoms. The van der Waals surface area contributed by atoms with E-state index in [2.05, 4.69) is 0 Å². The third kappa shape index (κ3) is 14.8. The van der Waals surface area contributed by atoms with Crippen LogP contribution in [0.1, 0.15) is 51.4 Å². The first-order valence-electron chi connectivity index (χ1n) is 9.10. The molecule has 0 aliphatic carbocycles. The van der Waals surface area contributed by atoms with Crippen LogP contribution in [0.25, 0.3) is 0 Å². The molecule has 0 radical (unpaired) electrons. The minimum absolute atomic E-state index is 0.889. The highest BCUT2D eigenvalue weighted by atomic mass is 33.1. The Hall–Kier alpha value is 1.84. The Bertz CT molecular complexity index is 373. The van der Waals surface area contributed by atoms with E-state index in [1.54, 1.807) is 28.4 Å². The van der Waals surface area contributed by atoms with Gasteiger partial charge in [-0.1, -0.05) is 47.3 Å². The third-order valence-electron chi connectivity index (χ3n) is 4.02. The lowest BCUT2D eigenvalue weighted by Crippen LogP contribution is -1.95. The number of hydrogen-bond donors (Lipinski definition) is 0. The summed E-state index contributed by atoms with van der Waals surface area (Å²) < 4.78 is 21.2. The number of hydrogen-bond acceptors (Lipinski definition) is 8. The molecule has 0 unspecified atom stereocenters. The number of rotatable bonds is 19. The molecular formula is C16H36O4P2S4. The van der Waals surface area contributed by atoms with Gasteiger partial charge in [0.05, 0.1) is 0 Å². The Morgan fingerprint density at radius 1 is 0.538 bits per heavy atom. The van der Waals surface area contributed by atoms with Crippen LogP contribution in [0.2, 0.25) is 0 Å². The van der Waals surface area contributed by atoms with Crippen molar-refractivity contribution in [3.63, 3.8) is 0 Å². The zero-order valence-electron chi connectivity index (χ0n) is 16.6. The molecule has 0 aliphatic heterocycles. The fourth-order valence-electron chi connectivity index (χ4n) is 2.27. The summed E-state index contributed by atoms with van der Waals surface area (Å²) in [4.78, 5) is 0. The van der Waals surface area contributed by atoms with E-state index in [9.17, 15) is 0 Å². The second-order valence-corrected chi connectivity index (χ2v) is 16.7. The maximum absolute atomic E-state index is 5.36. The van der Waals surface area contributed by atoms with E-state index in [1.165, 1.54) is 50.0 Å². The molecule has 26 heavy (non-hydrogen) atoms. The van der Waals surface area contributed by atoms with Crippen LogP contribution in [-0.2, 0) is 41.7 Å². The minimum atomic E-state index is -1.97. The zero-order valence-corrected chi connectivity index (χ0v) is 21.7. The molecule has 0 saturated heterocycles. The Kier molecular flexibility index (Phi) is 18.9. The van der Waals surface area contributed by atoms with Crippen LogP contribution in [-0.4, -0.2) is 52.3 Å². The van der Waals surface area contributed by atoms with Gasteiger partial charge in [0.25, 0.3) is 0 Å². The smallest absolute Gasteiger partial charge is 0.188 e. The van der Waals surface area contributed by atoms with Gasteiger partial charge in [0.1, 0.15) is 0 Å². The van der Waals surface area contributed by atoms with Crippen molar-refractivity contribution in [1.29, 1.82) is 0 Å². The minimum Gasteiger partial charge on any atom is -0.333 e. The van der Waals surface area contributed by atoms with Crippen LogP contribution < -0.4 is 0 Å². The third-order valence-corrected chi connectivity index (χ3v) is 13.4. The fraction of sp³-hybridized carbons (Fsp3) is 1.00. The van der Waals surface area contributed by atoms with Gasteiger partial charge < -0.3 is 18.1 Å². The van der Waals surface area contributed by atoms with Gasteiger partial charge in [-0.05, 0) is 49.3 Å². The van der Waals surface area contributed by atoms with Crippen LogP contribution in [0.4, 0.5) is 0 Å². The lowest BCUT2D eigenvalue weighted by atomic mass is 10.2. The van der Waals surface area contributed by atoms with E-state index in [0.717, 1.165) is 25.2 Å². The standard InChI is InChI=1S/C16H36O4P2S4/c1-17-21(23,18-2)13-9-5-7-11-15-25-26-16-12-8-6-10-14-22(24,19-3)20-4/h5-16H2,1-4H3. The highest BCUT2D eigenvalue weighted by Gasteiger charge is 2.14. The molecule has 0 amide bonds. The molecule has 4 nitrogen and oxygen atoms in total. The van der Waals surface area contributed by atoms with E-state index in [0.29, 0.717) is 0 Å². The van der Waals surface area contributed by atoms with Crippen molar-refractivity contribution in [2.45, 2.75) is 51.4 Å². The summed E-state index contributed by atoms with van der Waals surface area (Å²) >= 11 is 10.7. The summed E-state index contributed by atoms with van der Waals surface area (Å²) in [5.41, 5.74) is 0. The highest BCUT2D eigenvalue weighted by Crippen LogP contribution is 2.48. The predicted molar refractivity (Wildman–Crippen MR) is 128 cm³/mol. The van der Waals surface area contributed by atoms with Crippen molar-refractivity contribution in [1.82, 2.24) is 0 Å². The van der Waals surface area contributed by atoms with E-state index >= 15 is 0 Å². The second kappa shape index (κ2) is 17.7. The maximum atomic E-state index is 5.36. The SMILES string of the molecule is COP(=S)(CCCCCCSSCCCCCCP(=S)(OC)OC)OC. The van der Waals surface area contributed by atoms with Gasteiger partial charge in [-0.3, -0.25) is 0 Å². The van der Waals surface area contributed by atoms with Crippen LogP contribution in [0.3, 0.4) is 0 Å². The molecule has 0 heterocycles. The first-order chi connectivity index (χ1) is 12.4. The molecule has 0 rings (SSSR count). The van der Waals surface area contributed by atoms with Crippen molar-refractivity contribution in [3.05, 3.63) is 0 Å². The summed E-state index contributed by atoms with van der Waals surface area (Å²) in [5, 5.41) is 0. The predicted octanol–water partition coefficient (Wildman–Crippen LogP) is 6.69. The Morgan fingerprint density at radius 2 is 0.846 bits per heavy atom. The summed E-state index contributed by atoms with van der Waals surface area (Å²) in [6.07, 6.45) is 11.5. The van der Waals surface area contributed by atoms with E-state index in [1.807, 2.05) is 21.6 Å². The molecule has 0 spiro atoms. The van der Waals surface area contributed by atoms with E-state index < -0.39 is 13.0 Å². The van der Waals surface area contributed by atoms with Crippen LogP contribution >= 0.6 is 34.6 Å². The first kappa shape index (κ1) is 27.8. The summed E-state index contributed by atoms with van der Waals surface area (Å²) in [7, 11) is 10.6. The molecule has 158 valence electrons. The highest BCUT2D eigenvalue weighted by molar-refractivity contribution is 8.76. The Morgan fingerprint density at radius 3 is 1.15 bits per heavy atom.